The number of H-pyrrole nitrogens is 1. The van der Waals surface area contributed by atoms with Gasteiger partial charge in [-0.1, -0.05) is 68.8 Å². The van der Waals surface area contributed by atoms with E-state index in [1.54, 1.807) is 29.3 Å². The van der Waals surface area contributed by atoms with Gasteiger partial charge in [-0.15, -0.1) is 0 Å². The van der Waals surface area contributed by atoms with E-state index in [0.29, 0.717) is 28.9 Å². The van der Waals surface area contributed by atoms with E-state index >= 15 is 0 Å². The average Bonchev–Trinajstić information content (AvgIpc) is 3.30. The number of halogens is 4. The molecule has 1 amide bonds. The molecule has 188 valence electrons. The second kappa shape index (κ2) is 10.0. The number of aromatic nitrogens is 1. The fraction of sp³-hybridized carbons (Fsp3) is 0.276. The molecule has 0 spiro atoms. The number of hydrogen-bond donors (Lipinski definition) is 1. The van der Waals surface area contributed by atoms with Crippen molar-refractivity contribution in [3.05, 3.63) is 106 Å². The van der Waals surface area contributed by atoms with Crippen molar-refractivity contribution in [1.29, 1.82) is 0 Å². The molecule has 0 fully saturated rings. The molecule has 0 atom stereocenters. The average molecular weight is 513 g/mol. The van der Waals surface area contributed by atoms with Crippen molar-refractivity contribution in [3.8, 4) is 0 Å². The van der Waals surface area contributed by atoms with Gasteiger partial charge in [-0.2, -0.15) is 13.2 Å². The molecule has 4 rings (SSSR count). The molecule has 0 saturated carbocycles. The van der Waals surface area contributed by atoms with E-state index in [2.05, 4.69) is 25.8 Å². The van der Waals surface area contributed by atoms with Crippen LogP contribution >= 0.6 is 11.6 Å². The normalized spacial score (nSPS) is 12.2. The molecule has 4 aromatic rings. The fourth-order valence-corrected chi connectivity index (χ4v) is 4.30. The summed E-state index contributed by atoms with van der Waals surface area (Å²) in [6.07, 6.45) is -2.47. The van der Waals surface area contributed by atoms with Gasteiger partial charge < -0.3 is 9.88 Å². The number of fused-ring (bicyclic) bond motifs is 1. The number of amides is 1. The summed E-state index contributed by atoms with van der Waals surface area (Å²) in [5.74, 6) is -0.456. The van der Waals surface area contributed by atoms with Gasteiger partial charge in [0.15, 0.2) is 0 Å². The van der Waals surface area contributed by atoms with Gasteiger partial charge in [-0.3, -0.25) is 4.79 Å². The highest BCUT2D eigenvalue weighted by molar-refractivity contribution is 6.30. The number of carbonyl (C=O) groups excluding carboxylic acids is 1. The third-order valence-electron chi connectivity index (χ3n) is 6.28. The Balaban J connectivity index is 1.68. The van der Waals surface area contributed by atoms with E-state index in [1.807, 2.05) is 36.4 Å². The number of carbonyl (C=O) groups is 1. The summed E-state index contributed by atoms with van der Waals surface area (Å²) in [5.41, 5.74) is 2.59. The highest BCUT2D eigenvalue weighted by atomic mass is 35.5. The third kappa shape index (κ3) is 5.93. The van der Waals surface area contributed by atoms with Crippen LogP contribution in [-0.2, 0) is 24.6 Å². The summed E-state index contributed by atoms with van der Waals surface area (Å²) in [7, 11) is 0. The smallest absolute Gasteiger partial charge is 0.361 e. The SMILES string of the molecule is CC(C)(C)c1ccc(CN(CCc2ccc(Cl)cc2)C(=O)c2cc(C(F)(F)F)cc3cc[nH]c23)cc1. The van der Waals surface area contributed by atoms with Crippen molar-refractivity contribution in [2.24, 2.45) is 0 Å². The van der Waals surface area contributed by atoms with E-state index in [0.717, 1.165) is 28.8 Å². The van der Waals surface area contributed by atoms with Gasteiger partial charge in [-0.25, -0.2) is 0 Å². The van der Waals surface area contributed by atoms with E-state index in [-0.39, 0.29) is 17.5 Å². The molecule has 1 aromatic heterocycles. The second-order valence-corrected chi connectivity index (χ2v) is 10.4. The largest absolute Gasteiger partial charge is 0.416 e. The molecular formula is C29H28ClF3N2O. The minimum Gasteiger partial charge on any atom is -0.361 e. The van der Waals surface area contributed by atoms with Crippen molar-refractivity contribution < 1.29 is 18.0 Å². The highest BCUT2D eigenvalue weighted by Gasteiger charge is 2.33. The zero-order valence-corrected chi connectivity index (χ0v) is 21.2. The Morgan fingerprint density at radius 2 is 1.53 bits per heavy atom. The summed E-state index contributed by atoms with van der Waals surface area (Å²) >= 11 is 5.99. The van der Waals surface area contributed by atoms with Crippen LogP contribution in [0.15, 0.2) is 72.9 Å². The lowest BCUT2D eigenvalue weighted by Crippen LogP contribution is -2.33. The molecule has 0 aliphatic rings. The van der Waals surface area contributed by atoms with Crippen molar-refractivity contribution in [2.45, 2.75) is 45.3 Å². The molecule has 1 N–H and O–H groups in total. The van der Waals surface area contributed by atoms with E-state index in [9.17, 15) is 18.0 Å². The maximum Gasteiger partial charge on any atom is 0.416 e. The zero-order chi connectivity index (χ0) is 26.1. The van der Waals surface area contributed by atoms with Gasteiger partial charge in [0.25, 0.3) is 5.91 Å². The number of nitrogens with zero attached hydrogens (tertiary/aromatic N) is 1. The Bertz CT molecular complexity index is 1350. The first-order chi connectivity index (χ1) is 16.9. The van der Waals surface area contributed by atoms with Crippen molar-refractivity contribution in [3.63, 3.8) is 0 Å². The van der Waals surface area contributed by atoms with Crippen LogP contribution in [0.4, 0.5) is 13.2 Å². The molecule has 1 heterocycles. The van der Waals surface area contributed by atoms with E-state index in [4.69, 9.17) is 11.6 Å². The third-order valence-corrected chi connectivity index (χ3v) is 6.53. The number of hydrogen-bond acceptors (Lipinski definition) is 1. The highest BCUT2D eigenvalue weighted by Crippen LogP contribution is 2.34. The van der Waals surface area contributed by atoms with Crippen molar-refractivity contribution in [1.82, 2.24) is 9.88 Å². The van der Waals surface area contributed by atoms with Gasteiger partial charge in [0.1, 0.15) is 0 Å². The first kappa shape index (κ1) is 25.8. The van der Waals surface area contributed by atoms with Gasteiger partial charge in [0.2, 0.25) is 0 Å². The number of nitrogens with one attached hydrogen (secondary N) is 1. The summed E-state index contributed by atoms with van der Waals surface area (Å²) < 4.78 is 40.8. The van der Waals surface area contributed by atoms with Crippen molar-refractivity contribution in [2.75, 3.05) is 6.54 Å². The van der Waals surface area contributed by atoms with Gasteiger partial charge in [-0.05, 0) is 58.9 Å². The predicted molar refractivity (Wildman–Crippen MR) is 138 cm³/mol. The summed E-state index contributed by atoms with van der Waals surface area (Å²) in [6.45, 7) is 6.98. The van der Waals surface area contributed by atoms with Gasteiger partial charge in [0, 0.05) is 29.7 Å². The van der Waals surface area contributed by atoms with Crippen LogP contribution in [0.2, 0.25) is 5.02 Å². The molecule has 0 bridgehead atoms. The van der Waals surface area contributed by atoms with Gasteiger partial charge >= 0.3 is 6.18 Å². The van der Waals surface area contributed by atoms with Crippen LogP contribution in [0, 0.1) is 0 Å². The molecule has 0 saturated heterocycles. The molecule has 0 unspecified atom stereocenters. The Hall–Kier alpha value is -3.25. The van der Waals surface area contributed by atoms with E-state index < -0.39 is 17.6 Å². The molecule has 3 nitrogen and oxygen atoms in total. The molecule has 3 aromatic carbocycles. The van der Waals surface area contributed by atoms with Crippen LogP contribution in [0.1, 0.15) is 53.4 Å². The Kier molecular flexibility index (Phi) is 7.19. The maximum absolute atomic E-state index is 13.8. The first-order valence-electron chi connectivity index (χ1n) is 11.7. The quantitative estimate of drug-likeness (QED) is 0.279. The Morgan fingerprint density at radius 1 is 0.889 bits per heavy atom. The molecule has 0 aliphatic carbocycles. The lowest BCUT2D eigenvalue weighted by molar-refractivity contribution is -0.137. The van der Waals surface area contributed by atoms with Crippen LogP contribution in [0.25, 0.3) is 10.9 Å². The van der Waals surface area contributed by atoms with Crippen LogP contribution in [-0.4, -0.2) is 22.3 Å². The summed E-state index contributed by atoms with van der Waals surface area (Å²) in [4.78, 5) is 18.3. The monoisotopic (exact) mass is 512 g/mol. The molecular weight excluding hydrogens is 485 g/mol. The number of rotatable bonds is 6. The Labute approximate surface area is 213 Å². The number of benzene rings is 3. The Morgan fingerprint density at radius 3 is 2.14 bits per heavy atom. The standard InChI is InChI=1S/C29H28ClF3N2O/c1-28(2,3)22-8-4-20(5-9-22)18-35(15-13-19-6-10-24(30)11-7-19)27(36)25-17-23(29(31,32)33)16-21-12-14-34-26(21)25/h4-12,14,16-17,34H,13,15,18H2,1-3H3. The van der Waals surface area contributed by atoms with E-state index in [1.165, 1.54) is 0 Å². The summed E-state index contributed by atoms with van der Waals surface area (Å²) in [6, 6.07) is 18.9. The second-order valence-electron chi connectivity index (χ2n) is 10.0. The fourth-order valence-electron chi connectivity index (χ4n) is 4.17. The van der Waals surface area contributed by atoms with Gasteiger partial charge in [0.05, 0.1) is 16.6 Å². The molecule has 7 heteroatoms. The van der Waals surface area contributed by atoms with Crippen LogP contribution < -0.4 is 0 Å². The topological polar surface area (TPSA) is 36.1 Å². The minimum absolute atomic E-state index is 0.00671. The lowest BCUT2D eigenvalue weighted by Gasteiger charge is -2.25. The van der Waals surface area contributed by atoms with Crippen molar-refractivity contribution >= 4 is 28.4 Å². The number of alkyl halides is 3. The predicted octanol–water partition coefficient (Wildman–Crippen LogP) is 8.02. The number of aromatic amines is 1. The lowest BCUT2D eigenvalue weighted by atomic mass is 9.87. The zero-order valence-electron chi connectivity index (χ0n) is 20.4. The minimum atomic E-state index is -4.56. The maximum atomic E-state index is 13.8. The molecule has 36 heavy (non-hydrogen) atoms. The summed E-state index contributed by atoms with van der Waals surface area (Å²) in [5, 5.41) is 0.962. The van der Waals surface area contributed by atoms with Crippen LogP contribution in [0.5, 0.6) is 0 Å². The first-order valence-corrected chi connectivity index (χ1v) is 12.1. The molecule has 0 aliphatic heterocycles. The molecule has 0 radical (unpaired) electrons. The van der Waals surface area contributed by atoms with Crippen LogP contribution in [0.3, 0.4) is 0 Å².